The topological polar surface area (TPSA) is 29.1 Å². The number of hydrogen-bond acceptors (Lipinski definition) is 2. The van der Waals surface area contributed by atoms with Crippen molar-refractivity contribution in [2.24, 2.45) is 0 Å². The quantitative estimate of drug-likeness (QED) is 0.926. The van der Waals surface area contributed by atoms with Crippen LogP contribution in [-0.2, 0) is 10.8 Å². The van der Waals surface area contributed by atoms with Gasteiger partial charge in [0, 0.05) is 34.4 Å². The lowest BCUT2D eigenvalue weighted by Crippen LogP contribution is -2.46. The summed E-state index contributed by atoms with van der Waals surface area (Å²) in [5.74, 6) is 2.44. The number of hydrogen-bond donors (Lipinski definition) is 1. The van der Waals surface area contributed by atoms with E-state index in [4.69, 9.17) is 0 Å². The molecule has 3 rings (SSSR count). The van der Waals surface area contributed by atoms with E-state index in [0.717, 1.165) is 24.3 Å². The molecule has 0 amide bonds. The highest BCUT2D eigenvalue weighted by Crippen LogP contribution is 2.33. The molecular weight excluding hydrogens is 266 g/mol. The second-order valence-electron chi connectivity index (χ2n) is 6.20. The van der Waals surface area contributed by atoms with E-state index in [0.29, 0.717) is 18.0 Å². The molecule has 1 saturated carbocycles. The largest absolute Gasteiger partial charge is 0.311 e. The highest BCUT2D eigenvalue weighted by molar-refractivity contribution is 7.85. The number of benzene rings is 1. The van der Waals surface area contributed by atoms with Gasteiger partial charge in [0.05, 0.1) is 0 Å². The Hall–Kier alpha value is -0.670. The fraction of sp³-hybridized carbons (Fsp3) is 0.647. The Balaban J connectivity index is 1.65. The first-order valence-electron chi connectivity index (χ1n) is 7.99. The second kappa shape index (κ2) is 6.86. The molecule has 2 atom stereocenters. The van der Waals surface area contributed by atoms with Crippen LogP contribution in [0.25, 0.3) is 0 Å². The third-order valence-corrected chi connectivity index (χ3v) is 6.21. The van der Waals surface area contributed by atoms with E-state index in [2.05, 4.69) is 35.6 Å². The van der Waals surface area contributed by atoms with Crippen LogP contribution in [0.3, 0.4) is 0 Å². The maximum atomic E-state index is 11.5. The van der Waals surface area contributed by atoms with Crippen LogP contribution in [0.2, 0.25) is 0 Å². The summed E-state index contributed by atoms with van der Waals surface area (Å²) in [6.07, 6.45) is 7.47. The Morgan fingerprint density at radius 3 is 2.40 bits per heavy atom. The third-order valence-electron chi connectivity index (χ3n) is 4.83. The summed E-state index contributed by atoms with van der Waals surface area (Å²) >= 11 is 0. The van der Waals surface area contributed by atoms with Gasteiger partial charge in [-0.2, -0.15) is 0 Å². The molecule has 2 nitrogen and oxygen atoms in total. The molecule has 2 unspecified atom stereocenters. The van der Waals surface area contributed by atoms with E-state index in [9.17, 15) is 4.21 Å². The lowest BCUT2D eigenvalue weighted by Gasteiger charge is -2.36. The summed E-state index contributed by atoms with van der Waals surface area (Å²) in [7, 11) is -0.552. The zero-order chi connectivity index (χ0) is 13.8. The highest BCUT2D eigenvalue weighted by Gasteiger charge is 2.29. The molecule has 1 saturated heterocycles. The third kappa shape index (κ3) is 3.50. The van der Waals surface area contributed by atoms with Gasteiger partial charge in [0.2, 0.25) is 0 Å². The average Bonchev–Trinajstić information content (AvgIpc) is 2.51. The van der Waals surface area contributed by atoms with Crippen molar-refractivity contribution in [1.29, 1.82) is 0 Å². The van der Waals surface area contributed by atoms with Crippen LogP contribution >= 0.6 is 0 Å². The summed E-state index contributed by atoms with van der Waals surface area (Å²) in [6.45, 7) is 0. The molecule has 20 heavy (non-hydrogen) atoms. The molecule has 0 bridgehead atoms. The van der Waals surface area contributed by atoms with Crippen molar-refractivity contribution in [2.75, 3.05) is 11.5 Å². The average molecular weight is 291 g/mol. The minimum Gasteiger partial charge on any atom is -0.311 e. The van der Waals surface area contributed by atoms with Crippen LogP contribution in [0, 0.1) is 0 Å². The van der Waals surface area contributed by atoms with Crippen LogP contribution in [0.5, 0.6) is 0 Å². The zero-order valence-corrected chi connectivity index (χ0v) is 12.9. The van der Waals surface area contributed by atoms with Crippen LogP contribution < -0.4 is 5.32 Å². The van der Waals surface area contributed by atoms with Crippen LogP contribution in [-0.4, -0.2) is 27.8 Å². The molecule has 3 heteroatoms. The first-order chi connectivity index (χ1) is 9.83. The molecule has 1 N–H and O–H groups in total. The summed E-state index contributed by atoms with van der Waals surface area (Å²) in [5, 5.41) is 3.89. The van der Waals surface area contributed by atoms with Crippen molar-refractivity contribution < 1.29 is 4.21 Å². The Morgan fingerprint density at radius 1 is 0.950 bits per heavy atom. The summed E-state index contributed by atoms with van der Waals surface area (Å²) < 4.78 is 11.5. The monoisotopic (exact) mass is 291 g/mol. The molecular formula is C17H25NOS. The predicted octanol–water partition coefficient (Wildman–Crippen LogP) is 3.21. The Bertz CT molecular complexity index is 438. The fourth-order valence-electron chi connectivity index (χ4n) is 3.69. The minimum absolute atomic E-state index is 0.552. The van der Waals surface area contributed by atoms with Gasteiger partial charge in [0.15, 0.2) is 0 Å². The van der Waals surface area contributed by atoms with E-state index in [1.54, 1.807) is 0 Å². The van der Waals surface area contributed by atoms with Gasteiger partial charge in [0.25, 0.3) is 0 Å². The van der Waals surface area contributed by atoms with Crippen LogP contribution in [0.15, 0.2) is 30.3 Å². The van der Waals surface area contributed by atoms with Gasteiger partial charge in [-0.05, 0) is 37.2 Å². The Kier molecular flexibility index (Phi) is 4.90. The van der Waals surface area contributed by atoms with Crippen LogP contribution in [0.1, 0.15) is 50.0 Å². The van der Waals surface area contributed by atoms with Gasteiger partial charge < -0.3 is 5.32 Å². The van der Waals surface area contributed by atoms with E-state index < -0.39 is 10.8 Å². The molecule has 0 radical (unpaired) electrons. The van der Waals surface area contributed by atoms with Gasteiger partial charge in [-0.3, -0.25) is 4.21 Å². The van der Waals surface area contributed by atoms with E-state index >= 15 is 0 Å². The summed E-state index contributed by atoms with van der Waals surface area (Å²) in [4.78, 5) is 0. The fourth-order valence-corrected chi connectivity index (χ4v) is 4.99. The van der Waals surface area contributed by atoms with Gasteiger partial charge in [0.1, 0.15) is 0 Å². The van der Waals surface area contributed by atoms with Crippen molar-refractivity contribution in [3.05, 3.63) is 35.9 Å². The normalized spacial score (nSPS) is 34.8. The lowest BCUT2D eigenvalue weighted by atomic mass is 9.79. The molecule has 110 valence electrons. The smallest absolute Gasteiger partial charge is 0.0249 e. The molecule has 1 aliphatic carbocycles. The zero-order valence-electron chi connectivity index (χ0n) is 12.1. The molecule has 1 heterocycles. The first kappa shape index (κ1) is 14.3. The summed E-state index contributed by atoms with van der Waals surface area (Å²) in [5.41, 5.74) is 1.49. The lowest BCUT2D eigenvalue weighted by molar-refractivity contribution is 0.290. The molecule has 0 aromatic heterocycles. The SMILES string of the molecule is O=S1CCC(NC2CCCCC2c2ccccc2)CC1. The molecule has 1 aromatic rings. The Labute approximate surface area is 124 Å². The molecule has 1 aromatic carbocycles. The van der Waals surface area contributed by atoms with Gasteiger partial charge in [-0.15, -0.1) is 0 Å². The standard InChI is InChI=1S/C17H25NOS/c19-20-12-10-15(11-13-20)18-17-9-5-4-8-16(17)14-6-2-1-3-7-14/h1-3,6-7,15-18H,4-5,8-13H2. The van der Waals surface area contributed by atoms with E-state index in [1.807, 2.05) is 0 Å². The van der Waals surface area contributed by atoms with Gasteiger partial charge >= 0.3 is 0 Å². The summed E-state index contributed by atoms with van der Waals surface area (Å²) in [6, 6.07) is 12.2. The second-order valence-corrected chi connectivity index (χ2v) is 7.89. The van der Waals surface area contributed by atoms with E-state index in [-0.39, 0.29) is 0 Å². The van der Waals surface area contributed by atoms with Gasteiger partial charge in [-0.1, -0.05) is 43.2 Å². The number of rotatable bonds is 3. The van der Waals surface area contributed by atoms with Crippen molar-refractivity contribution in [3.8, 4) is 0 Å². The minimum atomic E-state index is -0.552. The molecule has 1 aliphatic heterocycles. The highest BCUT2D eigenvalue weighted by atomic mass is 32.2. The van der Waals surface area contributed by atoms with Crippen molar-refractivity contribution in [3.63, 3.8) is 0 Å². The predicted molar refractivity (Wildman–Crippen MR) is 85.5 cm³/mol. The van der Waals surface area contributed by atoms with Crippen molar-refractivity contribution >= 4 is 10.8 Å². The molecule has 0 spiro atoms. The maximum Gasteiger partial charge on any atom is 0.0249 e. The Morgan fingerprint density at radius 2 is 1.65 bits per heavy atom. The van der Waals surface area contributed by atoms with Crippen LogP contribution in [0.4, 0.5) is 0 Å². The van der Waals surface area contributed by atoms with Crippen molar-refractivity contribution in [1.82, 2.24) is 5.32 Å². The van der Waals surface area contributed by atoms with Gasteiger partial charge in [-0.25, -0.2) is 0 Å². The first-order valence-corrected chi connectivity index (χ1v) is 9.48. The van der Waals surface area contributed by atoms with Crippen molar-refractivity contribution in [2.45, 2.75) is 56.5 Å². The molecule has 2 fully saturated rings. The maximum absolute atomic E-state index is 11.5. The molecule has 2 aliphatic rings. The van der Waals surface area contributed by atoms with E-state index in [1.165, 1.54) is 31.2 Å². The number of nitrogens with one attached hydrogen (secondary N) is 1.